The third-order valence-electron chi connectivity index (χ3n) is 11.4. The summed E-state index contributed by atoms with van der Waals surface area (Å²) in [5.74, 6) is 4.49. The van der Waals surface area contributed by atoms with E-state index < -0.39 is 0 Å². The molecule has 4 aliphatic carbocycles. The van der Waals surface area contributed by atoms with Crippen molar-refractivity contribution in [1.29, 1.82) is 0 Å². The summed E-state index contributed by atoms with van der Waals surface area (Å²) in [6.45, 7) is 10.7. The molecule has 0 spiro atoms. The second-order valence-corrected chi connectivity index (χ2v) is 12.9. The van der Waals surface area contributed by atoms with Crippen LogP contribution in [0.25, 0.3) is 0 Å². The molecule has 0 aromatic heterocycles. The molecule has 30 heavy (non-hydrogen) atoms. The van der Waals surface area contributed by atoms with Crippen LogP contribution in [0.3, 0.4) is 0 Å². The van der Waals surface area contributed by atoms with Gasteiger partial charge in [0.15, 0.2) is 0 Å². The fourth-order valence-electron chi connectivity index (χ4n) is 9.79. The second kappa shape index (κ2) is 7.73. The van der Waals surface area contributed by atoms with Crippen molar-refractivity contribution < 1.29 is 14.9 Å². The summed E-state index contributed by atoms with van der Waals surface area (Å²) in [6, 6.07) is 0. The van der Waals surface area contributed by atoms with E-state index in [0.717, 1.165) is 37.7 Å². The zero-order chi connectivity index (χ0) is 21.3. The van der Waals surface area contributed by atoms with E-state index in [1.54, 1.807) is 0 Å². The third kappa shape index (κ3) is 3.24. The summed E-state index contributed by atoms with van der Waals surface area (Å²) >= 11 is 0. The van der Waals surface area contributed by atoms with Crippen LogP contribution in [-0.4, -0.2) is 35.1 Å². The fraction of sp³-hybridized carbons (Fsp3) is 1.00. The lowest BCUT2D eigenvalue weighted by molar-refractivity contribution is -0.138. The molecular formula is C27H46O3. The van der Waals surface area contributed by atoms with Gasteiger partial charge in [-0.15, -0.1) is 0 Å². The molecule has 0 radical (unpaired) electrons. The lowest BCUT2D eigenvalue weighted by Gasteiger charge is -2.61. The summed E-state index contributed by atoms with van der Waals surface area (Å²) in [7, 11) is 0. The molecule has 0 aromatic carbocycles. The van der Waals surface area contributed by atoms with E-state index in [4.69, 9.17) is 4.74 Å². The predicted molar refractivity (Wildman–Crippen MR) is 120 cm³/mol. The standard InChI is InChI=1S/C27H46O3/c1-16-5-8-24(30-15-16)17(2)25-23(29)14-22-20-7-6-18-13-19(28)9-11-26(18,3)21(20)10-12-27(22,25)4/h16-25,28-29H,5-15H2,1-4H3. The lowest BCUT2D eigenvalue weighted by Crippen LogP contribution is -2.54. The molecule has 1 heterocycles. The van der Waals surface area contributed by atoms with Gasteiger partial charge in [0.2, 0.25) is 0 Å². The highest BCUT2D eigenvalue weighted by Gasteiger charge is 2.63. The zero-order valence-corrected chi connectivity index (χ0v) is 19.9. The Morgan fingerprint density at radius 1 is 0.867 bits per heavy atom. The Hall–Kier alpha value is -0.120. The number of aliphatic hydroxyl groups is 2. The quantitative estimate of drug-likeness (QED) is 0.629. The predicted octanol–water partition coefficient (Wildman–Crippen LogP) is 5.43. The summed E-state index contributed by atoms with van der Waals surface area (Å²) in [5.41, 5.74) is 0.685. The van der Waals surface area contributed by atoms with Crippen molar-refractivity contribution in [2.24, 2.45) is 52.3 Å². The normalized spacial score (nSPS) is 57.2. The first-order valence-electron chi connectivity index (χ1n) is 13.2. The van der Waals surface area contributed by atoms with Gasteiger partial charge in [0.1, 0.15) is 0 Å². The van der Waals surface area contributed by atoms with Crippen molar-refractivity contribution in [1.82, 2.24) is 0 Å². The first-order chi connectivity index (χ1) is 14.2. The number of hydrogen-bond donors (Lipinski definition) is 2. The second-order valence-electron chi connectivity index (χ2n) is 12.9. The van der Waals surface area contributed by atoms with Crippen LogP contribution in [0.1, 0.15) is 91.9 Å². The maximum absolute atomic E-state index is 11.4. The Kier molecular flexibility index (Phi) is 5.60. The largest absolute Gasteiger partial charge is 0.393 e. The third-order valence-corrected chi connectivity index (χ3v) is 11.4. The van der Waals surface area contributed by atoms with Gasteiger partial charge in [-0.05, 0) is 116 Å². The minimum Gasteiger partial charge on any atom is -0.393 e. The Labute approximate surface area is 184 Å². The van der Waals surface area contributed by atoms with Crippen LogP contribution in [0.15, 0.2) is 0 Å². The average Bonchev–Trinajstić information content (AvgIpc) is 2.98. The fourth-order valence-corrected chi connectivity index (χ4v) is 9.79. The summed E-state index contributed by atoms with van der Waals surface area (Å²) in [5, 5.41) is 21.6. The minimum absolute atomic E-state index is 0.0646. The molecule has 0 amide bonds. The van der Waals surface area contributed by atoms with Crippen LogP contribution in [0.4, 0.5) is 0 Å². The van der Waals surface area contributed by atoms with Gasteiger partial charge in [-0.1, -0.05) is 27.7 Å². The van der Waals surface area contributed by atoms with Crippen LogP contribution in [0.2, 0.25) is 0 Å². The van der Waals surface area contributed by atoms with Crippen LogP contribution >= 0.6 is 0 Å². The lowest BCUT2D eigenvalue weighted by atomic mass is 9.44. The maximum Gasteiger partial charge on any atom is 0.0604 e. The van der Waals surface area contributed by atoms with Crippen LogP contribution in [0, 0.1) is 52.3 Å². The minimum atomic E-state index is -0.157. The summed E-state index contributed by atoms with van der Waals surface area (Å²) in [6.07, 6.45) is 12.0. The highest BCUT2D eigenvalue weighted by Crippen LogP contribution is 2.68. The van der Waals surface area contributed by atoms with E-state index in [1.165, 1.54) is 44.9 Å². The highest BCUT2D eigenvalue weighted by atomic mass is 16.5. The van der Waals surface area contributed by atoms with Crippen molar-refractivity contribution in [3.8, 4) is 0 Å². The molecule has 3 heteroatoms. The Morgan fingerprint density at radius 2 is 1.63 bits per heavy atom. The Balaban J connectivity index is 1.37. The zero-order valence-electron chi connectivity index (χ0n) is 19.9. The van der Waals surface area contributed by atoms with Crippen LogP contribution < -0.4 is 0 Å². The van der Waals surface area contributed by atoms with Gasteiger partial charge in [0.25, 0.3) is 0 Å². The maximum atomic E-state index is 11.4. The molecule has 5 aliphatic rings. The molecule has 12 atom stereocenters. The van der Waals surface area contributed by atoms with Crippen molar-refractivity contribution in [2.45, 2.75) is 110 Å². The topological polar surface area (TPSA) is 49.7 Å². The molecule has 0 aromatic rings. The molecule has 1 saturated heterocycles. The number of ether oxygens (including phenoxy) is 1. The molecule has 12 unspecified atom stereocenters. The van der Waals surface area contributed by atoms with Gasteiger partial charge in [0, 0.05) is 6.61 Å². The summed E-state index contributed by atoms with van der Waals surface area (Å²) in [4.78, 5) is 0. The number of hydrogen-bond acceptors (Lipinski definition) is 3. The SMILES string of the molecule is CC1CCC(C(C)C2C(O)CC3C4CCC5CC(O)CCC5(C)C4CCC32C)OC1. The van der Waals surface area contributed by atoms with Gasteiger partial charge in [0.05, 0.1) is 18.3 Å². The van der Waals surface area contributed by atoms with Crippen molar-refractivity contribution >= 4 is 0 Å². The van der Waals surface area contributed by atoms with Gasteiger partial charge in [-0.2, -0.15) is 0 Å². The van der Waals surface area contributed by atoms with E-state index in [2.05, 4.69) is 27.7 Å². The average molecular weight is 419 g/mol. The van der Waals surface area contributed by atoms with Crippen molar-refractivity contribution in [3.05, 3.63) is 0 Å². The van der Waals surface area contributed by atoms with Crippen LogP contribution in [-0.2, 0) is 4.74 Å². The molecule has 3 nitrogen and oxygen atoms in total. The van der Waals surface area contributed by atoms with Crippen molar-refractivity contribution in [3.63, 3.8) is 0 Å². The van der Waals surface area contributed by atoms with E-state index >= 15 is 0 Å². The van der Waals surface area contributed by atoms with E-state index in [0.29, 0.717) is 41.1 Å². The van der Waals surface area contributed by atoms with E-state index in [1.807, 2.05) is 0 Å². The molecule has 5 fully saturated rings. The molecule has 1 aliphatic heterocycles. The van der Waals surface area contributed by atoms with Crippen LogP contribution in [0.5, 0.6) is 0 Å². The molecule has 0 bridgehead atoms. The molecular weight excluding hydrogens is 372 g/mol. The number of aliphatic hydroxyl groups excluding tert-OH is 2. The Morgan fingerprint density at radius 3 is 2.37 bits per heavy atom. The monoisotopic (exact) mass is 418 g/mol. The molecule has 2 N–H and O–H groups in total. The molecule has 4 saturated carbocycles. The smallest absolute Gasteiger partial charge is 0.0604 e. The number of rotatable bonds is 2. The first kappa shape index (κ1) is 21.7. The molecule has 172 valence electrons. The highest BCUT2D eigenvalue weighted by molar-refractivity contribution is 5.12. The van der Waals surface area contributed by atoms with Gasteiger partial charge in [-0.3, -0.25) is 0 Å². The van der Waals surface area contributed by atoms with E-state index in [9.17, 15) is 10.2 Å². The Bertz CT molecular complexity index is 628. The first-order valence-corrected chi connectivity index (χ1v) is 13.2. The molecule has 5 rings (SSSR count). The van der Waals surface area contributed by atoms with Gasteiger partial charge < -0.3 is 14.9 Å². The van der Waals surface area contributed by atoms with Gasteiger partial charge in [-0.25, -0.2) is 0 Å². The van der Waals surface area contributed by atoms with Crippen molar-refractivity contribution in [2.75, 3.05) is 6.61 Å². The van der Waals surface area contributed by atoms with E-state index in [-0.39, 0.29) is 17.6 Å². The van der Waals surface area contributed by atoms with Gasteiger partial charge >= 0.3 is 0 Å². The number of fused-ring (bicyclic) bond motifs is 5. The summed E-state index contributed by atoms with van der Waals surface area (Å²) < 4.78 is 6.31.